The van der Waals surface area contributed by atoms with E-state index in [1.807, 2.05) is 20.0 Å². The number of hydrogen-bond donors (Lipinski definition) is 3. The highest BCUT2D eigenvalue weighted by atomic mass is 127. The van der Waals surface area contributed by atoms with E-state index in [1.165, 1.54) is 0 Å². The third-order valence-corrected chi connectivity index (χ3v) is 3.70. The van der Waals surface area contributed by atoms with Gasteiger partial charge in [0.25, 0.3) is 5.91 Å². The summed E-state index contributed by atoms with van der Waals surface area (Å²) in [5.74, 6) is 1.22. The van der Waals surface area contributed by atoms with Crippen molar-refractivity contribution in [2.75, 3.05) is 26.7 Å². The predicted octanol–water partition coefficient (Wildman–Crippen LogP) is 1.53. The van der Waals surface area contributed by atoms with Gasteiger partial charge in [0, 0.05) is 38.4 Å². The lowest BCUT2D eigenvalue weighted by Gasteiger charge is -2.12. The second-order valence-corrected chi connectivity index (χ2v) is 5.56. The molecule has 8 nitrogen and oxygen atoms in total. The molecule has 1 amide bonds. The van der Waals surface area contributed by atoms with Crippen molar-refractivity contribution < 1.29 is 9.53 Å². The number of methoxy groups -OCH3 is 1. The van der Waals surface area contributed by atoms with E-state index >= 15 is 0 Å². The van der Waals surface area contributed by atoms with Crippen molar-refractivity contribution in [1.29, 1.82) is 0 Å². The van der Waals surface area contributed by atoms with Crippen molar-refractivity contribution >= 4 is 35.8 Å². The molecule has 0 unspecified atom stereocenters. The summed E-state index contributed by atoms with van der Waals surface area (Å²) in [6, 6.07) is 8.99. The van der Waals surface area contributed by atoms with E-state index in [2.05, 4.69) is 26.0 Å². The van der Waals surface area contributed by atoms with Gasteiger partial charge in [-0.05, 0) is 31.2 Å². The monoisotopic (exact) mass is 486 g/mol. The first-order chi connectivity index (χ1) is 12.6. The summed E-state index contributed by atoms with van der Waals surface area (Å²) in [5.41, 5.74) is 1.59. The first-order valence-electron chi connectivity index (χ1n) is 8.55. The number of halogens is 1. The number of hydrogen-bond acceptors (Lipinski definition) is 4. The Morgan fingerprint density at radius 1 is 1.22 bits per heavy atom. The molecule has 0 radical (unpaired) electrons. The standard InChI is InChI=1S/C18H26N6O2.HI/c1-4-19-18(22-13-15-8-9-23-24(15)2)21-11-10-20-17(25)14-6-5-7-16(12-14)26-3;/h5-9,12H,4,10-11,13H2,1-3H3,(H,20,25)(H2,19,21,22);1H. The van der Waals surface area contributed by atoms with Gasteiger partial charge in [0.1, 0.15) is 5.75 Å². The SMILES string of the molecule is CCNC(=NCc1ccnn1C)NCCNC(=O)c1cccc(OC)c1.I. The minimum Gasteiger partial charge on any atom is -0.497 e. The van der Waals surface area contributed by atoms with Gasteiger partial charge in [-0.3, -0.25) is 9.48 Å². The van der Waals surface area contributed by atoms with Gasteiger partial charge in [-0.1, -0.05) is 6.07 Å². The molecule has 2 aromatic rings. The second kappa shape index (κ2) is 12.2. The van der Waals surface area contributed by atoms with Gasteiger partial charge < -0.3 is 20.7 Å². The van der Waals surface area contributed by atoms with Crippen LogP contribution >= 0.6 is 24.0 Å². The number of carbonyl (C=O) groups is 1. The van der Waals surface area contributed by atoms with Crippen LogP contribution in [0.3, 0.4) is 0 Å². The maximum Gasteiger partial charge on any atom is 0.251 e. The summed E-state index contributed by atoms with van der Waals surface area (Å²) in [4.78, 5) is 16.7. The largest absolute Gasteiger partial charge is 0.497 e. The van der Waals surface area contributed by atoms with E-state index in [1.54, 1.807) is 42.3 Å². The molecule has 2 rings (SSSR count). The number of amides is 1. The number of aliphatic imine (C=N–C) groups is 1. The van der Waals surface area contributed by atoms with E-state index in [0.29, 0.717) is 36.9 Å². The topological polar surface area (TPSA) is 92.6 Å². The second-order valence-electron chi connectivity index (χ2n) is 5.56. The van der Waals surface area contributed by atoms with E-state index < -0.39 is 0 Å². The van der Waals surface area contributed by atoms with Crippen molar-refractivity contribution in [3.8, 4) is 5.75 Å². The highest BCUT2D eigenvalue weighted by molar-refractivity contribution is 14.0. The molecule has 1 aromatic heterocycles. The Morgan fingerprint density at radius 2 is 2.00 bits per heavy atom. The smallest absolute Gasteiger partial charge is 0.251 e. The maximum atomic E-state index is 12.2. The first kappa shape index (κ1) is 22.7. The molecule has 148 valence electrons. The minimum absolute atomic E-state index is 0. The van der Waals surface area contributed by atoms with Gasteiger partial charge in [-0.25, -0.2) is 4.99 Å². The zero-order valence-electron chi connectivity index (χ0n) is 15.9. The van der Waals surface area contributed by atoms with Crippen molar-refractivity contribution in [3.05, 3.63) is 47.8 Å². The Kier molecular flexibility index (Phi) is 10.2. The molecular formula is C18H27IN6O2. The first-order valence-corrected chi connectivity index (χ1v) is 8.55. The predicted molar refractivity (Wildman–Crippen MR) is 117 cm³/mol. The van der Waals surface area contributed by atoms with Crippen LogP contribution in [-0.4, -0.2) is 48.4 Å². The minimum atomic E-state index is -0.137. The summed E-state index contributed by atoms with van der Waals surface area (Å²) in [5, 5.41) is 13.4. The zero-order valence-corrected chi connectivity index (χ0v) is 18.2. The van der Waals surface area contributed by atoms with Crippen molar-refractivity contribution in [2.45, 2.75) is 13.5 Å². The van der Waals surface area contributed by atoms with Crippen LogP contribution in [0.15, 0.2) is 41.5 Å². The Balaban J connectivity index is 0.00000364. The molecule has 0 aliphatic rings. The molecule has 1 aromatic carbocycles. The van der Waals surface area contributed by atoms with E-state index in [9.17, 15) is 4.79 Å². The number of rotatable bonds is 8. The van der Waals surface area contributed by atoms with Crippen LogP contribution in [0.2, 0.25) is 0 Å². The van der Waals surface area contributed by atoms with Crippen molar-refractivity contribution in [2.24, 2.45) is 12.0 Å². The number of guanidine groups is 1. The average Bonchev–Trinajstić information content (AvgIpc) is 3.07. The third-order valence-electron chi connectivity index (χ3n) is 3.70. The summed E-state index contributed by atoms with van der Waals surface area (Å²) < 4.78 is 6.93. The number of nitrogens with zero attached hydrogens (tertiary/aromatic N) is 3. The van der Waals surface area contributed by atoms with Gasteiger partial charge in [0.05, 0.1) is 19.3 Å². The number of benzene rings is 1. The van der Waals surface area contributed by atoms with Crippen molar-refractivity contribution in [1.82, 2.24) is 25.7 Å². The number of aromatic nitrogens is 2. The number of ether oxygens (including phenoxy) is 1. The molecule has 1 heterocycles. The summed E-state index contributed by atoms with van der Waals surface area (Å²) >= 11 is 0. The fraction of sp³-hybridized carbons (Fsp3) is 0.389. The molecule has 0 saturated heterocycles. The van der Waals surface area contributed by atoms with Gasteiger partial charge in [-0.2, -0.15) is 5.10 Å². The van der Waals surface area contributed by atoms with E-state index in [0.717, 1.165) is 12.2 Å². The number of aryl methyl sites for hydroxylation is 1. The Hall–Kier alpha value is -2.30. The Morgan fingerprint density at radius 3 is 2.67 bits per heavy atom. The third kappa shape index (κ3) is 7.45. The summed E-state index contributed by atoms with van der Waals surface area (Å²) in [7, 11) is 3.47. The van der Waals surface area contributed by atoms with Crippen LogP contribution in [0.25, 0.3) is 0 Å². The lowest BCUT2D eigenvalue weighted by molar-refractivity contribution is 0.0954. The molecule has 0 spiro atoms. The highest BCUT2D eigenvalue weighted by Gasteiger charge is 2.06. The molecule has 9 heteroatoms. The molecule has 0 fully saturated rings. The van der Waals surface area contributed by atoms with Crippen LogP contribution in [0, 0.1) is 0 Å². The lowest BCUT2D eigenvalue weighted by Crippen LogP contribution is -2.41. The van der Waals surface area contributed by atoms with Gasteiger partial charge in [0.2, 0.25) is 0 Å². The highest BCUT2D eigenvalue weighted by Crippen LogP contribution is 2.12. The van der Waals surface area contributed by atoms with E-state index in [-0.39, 0.29) is 29.9 Å². The fourth-order valence-electron chi connectivity index (χ4n) is 2.28. The number of carbonyl (C=O) groups excluding carboxylic acids is 1. The quantitative estimate of drug-likeness (QED) is 0.228. The molecule has 27 heavy (non-hydrogen) atoms. The summed E-state index contributed by atoms with van der Waals surface area (Å²) in [6.45, 7) is 4.33. The van der Waals surface area contributed by atoms with Gasteiger partial charge >= 0.3 is 0 Å². The molecule has 3 N–H and O–H groups in total. The van der Waals surface area contributed by atoms with Gasteiger partial charge in [0.15, 0.2) is 5.96 Å². The molecule has 0 aliphatic heterocycles. The van der Waals surface area contributed by atoms with E-state index in [4.69, 9.17) is 4.74 Å². The molecule has 0 bridgehead atoms. The number of nitrogens with one attached hydrogen (secondary N) is 3. The molecule has 0 aliphatic carbocycles. The van der Waals surface area contributed by atoms with Crippen LogP contribution < -0.4 is 20.7 Å². The van der Waals surface area contributed by atoms with Crippen LogP contribution in [0.5, 0.6) is 5.75 Å². The van der Waals surface area contributed by atoms with Crippen LogP contribution in [0.4, 0.5) is 0 Å². The van der Waals surface area contributed by atoms with Crippen LogP contribution in [0.1, 0.15) is 23.0 Å². The normalized spacial score (nSPS) is 10.7. The molecule has 0 saturated carbocycles. The van der Waals surface area contributed by atoms with Gasteiger partial charge in [-0.15, -0.1) is 24.0 Å². The summed E-state index contributed by atoms with van der Waals surface area (Å²) in [6.07, 6.45) is 1.75. The lowest BCUT2D eigenvalue weighted by atomic mass is 10.2. The Labute approximate surface area is 176 Å². The average molecular weight is 486 g/mol. The fourth-order valence-corrected chi connectivity index (χ4v) is 2.28. The Bertz CT molecular complexity index is 747. The molecule has 0 atom stereocenters. The van der Waals surface area contributed by atoms with Crippen LogP contribution in [-0.2, 0) is 13.6 Å². The molecular weight excluding hydrogens is 459 g/mol. The van der Waals surface area contributed by atoms with Crippen molar-refractivity contribution in [3.63, 3.8) is 0 Å². The zero-order chi connectivity index (χ0) is 18.8. The maximum absolute atomic E-state index is 12.2.